The molecular formula is C18H17BrCl2N4O2. The van der Waals surface area contributed by atoms with Crippen LogP contribution in [0.4, 0.5) is 5.95 Å². The maximum Gasteiger partial charge on any atom is 0.218 e. The molecule has 2 N–H and O–H groups in total. The molecule has 0 atom stereocenters. The molecule has 27 heavy (non-hydrogen) atoms. The van der Waals surface area contributed by atoms with Gasteiger partial charge in [0.15, 0.2) is 11.5 Å². The second-order valence-corrected chi connectivity index (χ2v) is 7.17. The quantitative estimate of drug-likeness (QED) is 0.456. The Hall–Kier alpha value is -1.96. The van der Waals surface area contributed by atoms with E-state index in [0.717, 1.165) is 15.6 Å². The van der Waals surface area contributed by atoms with E-state index < -0.39 is 0 Å². The highest BCUT2D eigenvalue weighted by Crippen LogP contribution is 2.35. The SMILES string of the molecule is CCOc1cc(CNc2ncn[nH]2)c(Br)cc1OCc1c(Cl)cccc1Cl. The van der Waals surface area contributed by atoms with Crippen molar-refractivity contribution in [3.63, 3.8) is 0 Å². The summed E-state index contributed by atoms with van der Waals surface area (Å²) in [6.45, 7) is 3.20. The molecule has 0 amide bonds. The highest BCUT2D eigenvalue weighted by atomic mass is 79.9. The number of rotatable bonds is 8. The number of aromatic nitrogens is 3. The van der Waals surface area contributed by atoms with E-state index >= 15 is 0 Å². The molecule has 0 saturated carbocycles. The van der Waals surface area contributed by atoms with Crippen molar-refractivity contribution in [2.24, 2.45) is 0 Å². The van der Waals surface area contributed by atoms with Gasteiger partial charge >= 0.3 is 0 Å². The molecule has 142 valence electrons. The highest BCUT2D eigenvalue weighted by Gasteiger charge is 2.13. The Labute approximate surface area is 175 Å². The van der Waals surface area contributed by atoms with Gasteiger partial charge in [0.05, 0.1) is 6.61 Å². The van der Waals surface area contributed by atoms with Gasteiger partial charge in [-0.3, -0.25) is 0 Å². The molecule has 0 radical (unpaired) electrons. The van der Waals surface area contributed by atoms with Crippen LogP contribution in [0.1, 0.15) is 18.1 Å². The summed E-state index contributed by atoms with van der Waals surface area (Å²) in [4.78, 5) is 4.04. The molecular weight excluding hydrogens is 455 g/mol. The Balaban J connectivity index is 1.78. The van der Waals surface area contributed by atoms with Gasteiger partial charge in [-0.2, -0.15) is 5.10 Å². The molecule has 0 aliphatic carbocycles. The van der Waals surface area contributed by atoms with Crippen LogP contribution >= 0.6 is 39.1 Å². The van der Waals surface area contributed by atoms with Gasteiger partial charge < -0.3 is 14.8 Å². The summed E-state index contributed by atoms with van der Waals surface area (Å²) >= 11 is 16.0. The second-order valence-electron chi connectivity index (χ2n) is 5.50. The lowest BCUT2D eigenvalue weighted by Crippen LogP contribution is -2.05. The van der Waals surface area contributed by atoms with Gasteiger partial charge in [-0.15, -0.1) is 0 Å². The van der Waals surface area contributed by atoms with Crippen molar-refractivity contribution in [1.82, 2.24) is 15.2 Å². The van der Waals surface area contributed by atoms with Crippen LogP contribution < -0.4 is 14.8 Å². The third-order valence-corrected chi connectivity index (χ3v) is 5.15. The van der Waals surface area contributed by atoms with Gasteiger partial charge in [0, 0.05) is 26.6 Å². The summed E-state index contributed by atoms with van der Waals surface area (Å²) in [5.41, 5.74) is 1.72. The maximum absolute atomic E-state index is 6.22. The number of nitrogens with one attached hydrogen (secondary N) is 2. The van der Waals surface area contributed by atoms with E-state index in [1.54, 1.807) is 18.2 Å². The van der Waals surface area contributed by atoms with Crippen LogP contribution in [-0.4, -0.2) is 21.8 Å². The maximum atomic E-state index is 6.22. The summed E-state index contributed by atoms with van der Waals surface area (Å²) < 4.78 is 12.6. The van der Waals surface area contributed by atoms with Gasteiger partial charge in [0.25, 0.3) is 0 Å². The van der Waals surface area contributed by atoms with Crippen molar-refractivity contribution in [1.29, 1.82) is 0 Å². The predicted octanol–water partition coefficient (Wildman–Crippen LogP) is 5.46. The molecule has 1 heterocycles. The van der Waals surface area contributed by atoms with Crippen molar-refractivity contribution in [2.75, 3.05) is 11.9 Å². The zero-order valence-corrected chi connectivity index (χ0v) is 17.5. The summed E-state index contributed by atoms with van der Waals surface area (Å²) in [5, 5.41) is 10.8. The molecule has 2 aromatic carbocycles. The van der Waals surface area contributed by atoms with Crippen LogP contribution in [0.5, 0.6) is 11.5 Å². The van der Waals surface area contributed by atoms with E-state index in [1.807, 2.05) is 19.1 Å². The number of benzene rings is 2. The van der Waals surface area contributed by atoms with Gasteiger partial charge in [0.2, 0.25) is 5.95 Å². The first-order chi connectivity index (χ1) is 13.1. The highest BCUT2D eigenvalue weighted by molar-refractivity contribution is 9.10. The third-order valence-electron chi connectivity index (χ3n) is 3.71. The summed E-state index contributed by atoms with van der Waals surface area (Å²) in [6, 6.07) is 9.15. The van der Waals surface area contributed by atoms with E-state index in [1.165, 1.54) is 6.33 Å². The molecule has 0 unspecified atom stereocenters. The minimum absolute atomic E-state index is 0.237. The minimum atomic E-state index is 0.237. The van der Waals surface area contributed by atoms with Crippen molar-refractivity contribution in [2.45, 2.75) is 20.1 Å². The average Bonchev–Trinajstić information content (AvgIpc) is 3.16. The molecule has 0 fully saturated rings. The van der Waals surface area contributed by atoms with E-state index in [4.69, 9.17) is 32.7 Å². The topological polar surface area (TPSA) is 72.1 Å². The van der Waals surface area contributed by atoms with Crippen molar-refractivity contribution < 1.29 is 9.47 Å². The molecule has 6 nitrogen and oxygen atoms in total. The van der Waals surface area contributed by atoms with Crippen LogP contribution in [0.25, 0.3) is 0 Å². The smallest absolute Gasteiger partial charge is 0.218 e. The van der Waals surface area contributed by atoms with Crippen LogP contribution in [0.3, 0.4) is 0 Å². The van der Waals surface area contributed by atoms with Crippen LogP contribution in [0, 0.1) is 0 Å². The molecule has 9 heteroatoms. The summed E-state index contributed by atoms with van der Waals surface area (Å²) in [7, 11) is 0. The number of hydrogen-bond acceptors (Lipinski definition) is 5. The summed E-state index contributed by atoms with van der Waals surface area (Å²) in [6.07, 6.45) is 1.44. The number of H-pyrrole nitrogens is 1. The van der Waals surface area contributed by atoms with Crippen LogP contribution in [0.2, 0.25) is 10.0 Å². The Kier molecular flexibility index (Phi) is 6.82. The molecule has 3 aromatic rings. The molecule has 0 saturated heterocycles. The lowest BCUT2D eigenvalue weighted by molar-refractivity contribution is 0.269. The molecule has 0 spiro atoms. The number of aromatic amines is 1. The Morgan fingerprint density at radius 3 is 2.56 bits per heavy atom. The van der Waals surface area contributed by atoms with Crippen molar-refractivity contribution in [3.8, 4) is 11.5 Å². The van der Waals surface area contributed by atoms with Gasteiger partial charge in [-0.25, -0.2) is 10.1 Å². The zero-order chi connectivity index (χ0) is 19.2. The van der Waals surface area contributed by atoms with Gasteiger partial charge in [-0.05, 0) is 36.8 Å². The first kappa shape index (κ1) is 19.8. The minimum Gasteiger partial charge on any atom is -0.490 e. The number of halogens is 3. The normalized spacial score (nSPS) is 10.7. The van der Waals surface area contributed by atoms with Crippen molar-refractivity contribution >= 4 is 45.1 Å². The van der Waals surface area contributed by atoms with E-state index in [9.17, 15) is 0 Å². The zero-order valence-electron chi connectivity index (χ0n) is 14.4. The van der Waals surface area contributed by atoms with E-state index in [0.29, 0.717) is 40.6 Å². The Morgan fingerprint density at radius 2 is 1.89 bits per heavy atom. The Morgan fingerprint density at radius 1 is 1.15 bits per heavy atom. The predicted molar refractivity (Wildman–Crippen MR) is 110 cm³/mol. The lowest BCUT2D eigenvalue weighted by Gasteiger charge is -2.16. The lowest BCUT2D eigenvalue weighted by atomic mass is 10.2. The fourth-order valence-electron chi connectivity index (χ4n) is 2.38. The first-order valence-electron chi connectivity index (χ1n) is 8.18. The van der Waals surface area contributed by atoms with Crippen molar-refractivity contribution in [3.05, 3.63) is 62.3 Å². The van der Waals surface area contributed by atoms with Gasteiger partial charge in [-0.1, -0.05) is 45.2 Å². The van der Waals surface area contributed by atoms with Crippen LogP contribution in [-0.2, 0) is 13.2 Å². The van der Waals surface area contributed by atoms with E-state index in [2.05, 4.69) is 36.4 Å². The monoisotopic (exact) mass is 470 g/mol. The number of hydrogen-bond donors (Lipinski definition) is 2. The standard InChI is InChI=1S/C18H17BrCl2N4O2/c1-2-26-16-6-11(8-22-18-23-10-24-25-18)13(19)7-17(16)27-9-12-14(20)4-3-5-15(12)21/h3-7,10H,2,8-9H2,1H3,(H2,22,23,24,25). The second kappa shape index (κ2) is 9.30. The molecule has 3 rings (SSSR count). The largest absolute Gasteiger partial charge is 0.490 e. The third kappa shape index (κ3) is 5.06. The fourth-order valence-corrected chi connectivity index (χ4v) is 3.35. The molecule has 0 aliphatic heterocycles. The number of anilines is 1. The fraction of sp³-hybridized carbons (Fsp3) is 0.222. The number of ether oxygens (including phenoxy) is 2. The van der Waals surface area contributed by atoms with E-state index in [-0.39, 0.29) is 6.61 Å². The molecule has 1 aromatic heterocycles. The molecule has 0 bridgehead atoms. The Bertz CT molecular complexity index is 886. The number of nitrogens with zero attached hydrogens (tertiary/aromatic N) is 2. The van der Waals surface area contributed by atoms with Gasteiger partial charge in [0.1, 0.15) is 12.9 Å². The average molecular weight is 472 g/mol. The molecule has 0 aliphatic rings. The first-order valence-corrected chi connectivity index (χ1v) is 9.73. The summed E-state index contributed by atoms with van der Waals surface area (Å²) in [5.74, 6) is 1.83. The van der Waals surface area contributed by atoms with Crippen LogP contribution in [0.15, 0.2) is 41.1 Å².